The molecule has 1 aliphatic rings. The van der Waals surface area contributed by atoms with Crippen LogP contribution in [0.3, 0.4) is 0 Å². The lowest BCUT2D eigenvalue weighted by Crippen LogP contribution is -2.35. The molecule has 3 aromatic rings. The fourth-order valence-electron chi connectivity index (χ4n) is 4.95. The van der Waals surface area contributed by atoms with Crippen LogP contribution in [0.2, 0.25) is 0 Å². The summed E-state index contributed by atoms with van der Waals surface area (Å²) in [5, 5.41) is 16.3. The van der Waals surface area contributed by atoms with E-state index in [0.29, 0.717) is 24.7 Å². The molecular weight excluding hydrogens is 568 g/mol. The molecule has 4 rings (SSSR count). The lowest BCUT2D eigenvalue weighted by atomic mass is 9.96. The number of esters is 1. The van der Waals surface area contributed by atoms with Crippen LogP contribution in [0, 0.1) is 5.92 Å². The average molecular weight is 617 g/mol. The number of aliphatic hydroxyl groups is 1. The number of aliphatic hydroxyl groups excluding tert-OH is 1. The number of carbonyl (C=O) groups is 2. The van der Waals surface area contributed by atoms with Crippen molar-refractivity contribution in [3.63, 3.8) is 0 Å². The van der Waals surface area contributed by atoms with Gasteiger partial charge < -0.3 is 30.0 Å². The Morgan fingerprint density at radius 3 is 2.31 bits per heavy atom. The molecule has 8 nitrogen and oxygen atoms in total. The second-order valence-electron chi connectivity index (χ2n) is 13.7. The third kappa shape index (κ3) is 11.4. The summed E-state index contributed by atoms with van der Waals surface area (Å²) in [5.41, 5.74) is 4.41. The highest BCUT2D eigenvalue weighted by Gasteiger charge is 2.23. The fraction of sp³-hybridized carbons (Fsp3) is 0.459. The van der Waals surface area contributed by atoms with Crippen molar-refractivity contribution in [2.75, 3.05) is 18.5 Å². The molecular formula is C37H48N2O6. The lowest BCUT2D eigenvalue weighted by molar-refractivity contribution is -0.153. The molecule has 242 valence electrons. The molecule has 0 bridgehead atoms. The van der Waals surface area contributed by atoms with Crippen LogP contribution in [-0.4, -0.2) is 41.5 Å². The number of anilines is 1. The van der Waals surface area contributed by atoms with Gasteiger partial charge >= 0.3 is 12.1 Å². The minimum absolute atomic E-state index is 0.0812. The smallest absolute Gasteiger partial charge is 0.408 e. The Hall–Kier alpha value is -4.04. The van der Waals surface area contributed by atoms with Crippen LogP contribution >= 0.6 is 0 Å². The Kier molecular flexibility index (Phi) is 11.2. The van der Waals surface area contributed by atoms with Crippen molar-refractivity contribution >= 4 is 17.7 Å². The molecule has 1 amide bonds. The van der Waals surface area contributed by atoms with E-state index >= 15 is 0 Å². The maximum Gasteiger partial charge on any atom is 0.408 e. The molecule has 8 heteroatoms. The van der Waals surface area contributed by atoms with Gasteiger partial charge in [0.2, 0.25) is 0 Å². The van der Waals surface area contributed by atoms with Crippen LogP contribution in [-0.2, 0) is 27.3 Å². The quantitative estimate of drug-likeness (QED) is 0.170. The molecule has 3 aromatic carbocycles. The summed E-state index contributed by atoms with van der Waals surface area (Å²) < 4.78 is 17.3. The summed E-state index contributed by atoms with van der Waals surface area (Å²) in [7, 11) is 0. The number of alkyl carbamates (subject to hydrolysis) is 1. The molecule has 0 aromatic heterocycles. The summed E-state index contributed by atoms with van der Waals surface area (Å²) >= 11 is 0. The van der Waals surface area contributed by atoms with E-state index in [9.17, 15) is 14.7 Å². The molecule has 1 unspecified atom stereocenters. The Balaban J connectivity index is 1.57. The number of carbonyl (C=O) groups excluding carboxylic acids is 2. The second kappa shape index (κ2) is 14.8. The van der Waals surface area contributed by atoms with E-state index in [4.69, 9.17) is 14.2 Å². The van der Waals surface area contributed by atoms with Crippen LogP contribution in [0.5, 0.6) is 5.75 Å². The van der Waals surface area contributed by atoms with Crippen molar-refractivity contribution in [1.82, 2.24) is 5.32 Å². The third-order valence-corrected chi connectivity index (χ3v) is 7.14. The second-order valence-corrected chi connectivity index (χ2v) is 13.7. The number of rotatable bonds is 13. The third-order valence-electron chi connectivity index (χ3n) is 7.14. The first-order valence-electron chi connectivity index (χ1n) is 15.8. The zero-order valence-corrected chi connectivity index (χ0v) is 27.4. The highest BCUT2D eigenvalue weighted by atomic mass is 16.6. The standard InChI is InChI=1S/C37H48N2O6/c1-36(2,3)44-34(41)22-29-10-7-8-13-33(29)43-24-26-18-30(21-31(19-26)38-23-25-14-15-25)27-11-9-12-28(20-27)32(16-17-40)39-35(42)45-37(4,5)6/h7-13,18-21,25,32,38,40H,14-17,22-24H2,1-6H3,(H,39,42). The number of ether oxygens (including phenoxy) is 3. The maximum atomic E-state index is 12.6. The van der Waals surface area contributed by atoms with E-state index < -0.39 is 23.3 Å². The zero-order valence-electron chi connectivity index (χ0n) is 27.4. The Labute approximate surface area is 267 Å². The SMILES string of the molecule is CC(C)(C)OC(=O)Cc1ccccc1OCc1cc(NCC2CC2)cc(-c2cccc(C(CCO)NC(=O)OC(C)(C)C)c2)c1. The topological polar surface area (TPSA) is 106 Å². The normalized spacial score (nSPS) is 13.9. The highest BCUT2D eigenvalue weighted by Crippen LogP contribution is 2.32. The first-order valence-corrected chi connectivity index (χ1v) is 15.8. The van der Waals surface area contributed by atoms with Gasteiger partial charge in [-0.15, -0.1) is 0 Å². The van der Waals surface area contributed by atoms with Gasteiger partial charge in [0.05, 0.1) is 12.5 Å². The molecule has 1 aliphatic carbocycles. The monoisotopic (exact) mass is 616 g/mol. The molecule has 0 saturated heterocycles. The van der Waals surface area contributed by atoms with E-state index in [0.717, 1.165) is 40.0 Å². The van der Waals surface area contributed by atoms with Gasteiger partial charge in [-0.25, -0.2) is 4.79 Å². The van der Waals surface area contributed by atoms with Crippen molar-refractivity contribution in [2.45, 2.75) is 91.1 Å². The van der Waals surface area contributed by atoms with Crippen LogP contribution in [0.4, 0.5) is 10.5 Å². The van der Waals surface area contributed by atoms with Gasteiger partial charge in [-0.05, 0) is 119 Å². The largest absolute Gasteiger partial charge is 0.489 e. The molecule has 0 radical (unpaired) electrons. The number of nitrogens with one attached hydrogen (secondary N) is 2. The number of amides is 1. The van der Waals surface area contributed by atoms with E-state index in [1.54, 1.807) is 0 Å². The number of hydrogen-bond acceptors (Lipinski definition) is 7. The van der Waals surface area contributed by atoms with Gasteiger partial charge in [0.15, 0.2) is 0 Å². The van der Waals surface area contributed by atoms with Crippen molar-refractivity contribution in [3.8, 4) is 16.9 Å². The van der Waals surface area contributed by atoms with Gasteiger partial charge in [0, 0.05) is 24.4 Å². The molecule has 1 fully saturated rings. The van der Waals surface area contributed by atoms with Crippen molar-refractivity contribution < 1.29 is 28.9 Å². The summed E-state index contributed by atoms with van der Waals surface area (Å²) in [6.45, 7) is 12.2. The van der Waals surface area contributed by atoms with E-state index in [2.05, 4.69) is 28.8 Å². The van der Waals surface area contributed by atoms with Crippen LogP contribution in [0.1, 0.15) is 83.5 Å². The minimum atomic E-state index is -0.627. The van der Waals surface area contributed by atoms with Gasteiger partial charge in [-0.3, -0.25) is 4.79 Å². The molecule has 3 N–H and O–H groups in total. The van der Waals surface area contributed by atoms with Crippen molar-refractivity contribution in [3.05, 3.63) is 83.4 Å². The summed E-state index contributed by atoms with van der Waals surface area (Å²) in [4.78, 5) is 25.1. The highest BCUT2D eigenvalue weighted by molar-refractivity contribution is 5.74. The van der Waals surface area contributed by atoms with Crippen LogP contribution in [0.15, 0.2) is 66.7 Å². The number of para-hydroxylation sites is 1. The molecule has 0 heterocycles. The number of benzene rings is 3. The predicted octanol–water partition coefficient (Wildman–Crippen LogP) is 7.59. The first-order chi connectivity index (χ1) is 21.3. The first kappa shape index (κ1) is 33.8. The van der Waals surface area contributed by atoms with Crippen molar-refractivity contribution in [1.29, 1.82) is 0 Å². The summed E-state index contributed by atoms with van der Waals surface area (Å²) in [6.07, 6.45) is 2.45. The summed E-state index contributed by atoms with van der Waals surface area (Å²) in [5.74, 6) is 1.05. The maximum absolute atomic E-state index is 12.6. The predicted molar refractivity (Wildman–Crippen MR) is 177 cm³/mol. The molecule has 45 heavy (non-hydrogen) atoms. The zero-order chi connectivity index (χ0) is 32.6. The fourth-order valence-corrected chi connectivity index (χ4v) is 4.95. The van der Waals surface area contributed by atoms with E-state index in [1.165, 1.54) is 12.8 Å². The average Bonchev–Trinajstić information content (AvgIpc) is 3.78. The van der Waals surface area contributed by atoms with E-state index in [-0.39, 0.29) is 19.0 Å². The molecule has 1 atom stereocenters. The summed E-state index contributed by atoms with van der Waals surface area (Å²) in [6, 6.07) is 21.4. The Bertz CT molecular complexity index is 1450. The molecule has 0 aliphatic heterocycles. The lowest BCUT2D eigenvalue weighted by Gasteiger charge is -2.24. The number of hydrogen-bond donors (Lipinski definition) is 3. The van der Waals surface area contributed by atoms with Crippen LogP contribution < -0.4 is 15.4 Å². The minimum Gasteiger partial charge on any atom is -0.489 e. The van der Waals surface area contributed by atoms with Gasteiger partial charge in [-0.2, -0.15) is 0 Å². The molecule has 0 spiro atoms. The van der Waals surface area contributed by atoms with Gasteiger partial charge in [0.25, 0.3) is 0 Å². The van der Waals surface area contributed by atoms with Crippen molar-refractivity contribution in [2.24, 2.45) is 5.92 Å². The van der Waals surface area contributed by atoms with Gasteiger partial charge in [0.1, 0.15) is 23.6 Å². The van der Waals surface area contributed by atoms with Gasteiger partial charge in [-0.1, -0.05) is 36.4 Å². The van der Waals surface area contributed by atoms with Crippen LogP contribution in [0.25, 0.3) is 11.1 Å². The molecule has 1 saturated carbocycles. The Morgan fingerprint density at radius 2 is 1.62 bits per heavy atom. The van der Waals surface area contributed by atoms with E-state index in [1.807, 2.05) is 90.1 Å². The Morgan fingerprint density at radius 1 is 0.889 bits per heavy atom.